The molecule has 0 N–H and O–H groups in total. The molecule has 2 aromatic rings. The molecule has 0 bridgehead atoms. The number of nitro benzene ring substituents is 1. The third-order valence-corrected chi connectivity index (χ3v) is 3.23. The van der Waals surface area contributed by atoms with Crippen molar-refractivity contribution in [3.05, 3.63) is 67.7 Å². The second-order valence-corrected chi connectivity index (χ2v) is 4.96. The number of halogens is 2. The maximum absolute atomic E-state index is 12.0. The van der Waals surface area contributed by atoms with Crippen molar-refractivity contribution in [2.45, 2.75) is 0 Å². The van der Waals surface area contributed by atoms with Gasteiger partial charge in [0.25, 0.3) is 5.69 Å². The van der Waals surface area contributed by atoms with E-state index in [1.165, 1.54) is 30.3 Å². The van der Waals surface area contributed by atoms with Gasteiger partial charge in [0.1, 0.15) is 10.8 Å². The lowest BCUT2D eigenvalue weighted by Gasteiger charge is -2.07. The maximum atomic E-state index is 12.0. The number of hydrogen-bond donors (Lipinski definition) is 0. The predicted octanol–water partition coefficient (Wildman–Crippen LogP) is 3.93. The van der Waals surface area contributed by atoms with E-state index in [9.17, 15) is 19.7 Å². The summed E-state index contributed by atoms with van der Waals surface area (Å²) >= 11 is 11.4. The van der Waals surface area contributed by atoms with E-state index in [1.54, 1.807) is 0 Å². The van der Waals surface area contributed by atoms with E-state index < -0.39 is 16.6 Å². The maximum Gasteiger partial charge on any atom is 0.343 e. The van der Waals surface area contributed by atoms with Gasteiger partial charge in [-0.25, -0.2) is 4.79 Å². The van der Waals surface area contributed by atoms with Gasteiger partial charge in [-0.15, -0.1) is 0 Å². The zero-order chi connectivity index (χ0) is 16.3. The number of benzene rings is 2. The van der Waals surface area contributed by atoms with Crippen LogP contribution in [0.15, 0.2) is 36.4 Å². The molecule has 0 unspecified atom stereocenters. The number of rotatable bonds is 4. The monoisotopic (exact) mass is 339 g/mol. The van der Waals surface area contributed by atoms with Gasteiger partial charge in [0.2, 0.25) is 0 Å². The summed E-state index contributed by atoms with van der Waals surface area (Å²) in [4.78, 5) is 33.0. The lowest BCUT2D eigenvalue weighted by atomic mass is 10.2. The van der Waals surface area contributed by atoms with Gasteiger partial charge in [0.05, 0.1) is 16.1 Å². The molecule has 0 aliphatic heterocycles. The van der Waals surface area contributed by atoms with Crippen molar-refractivity contribution >= 4 is 41.1 Å². The first kappa shape index (κ1) is 15.9. The summed E-state index contributed by atoms with van der Waals surface area (Å²) in [6.45, 7) is 0. The summed E-state index contributed by atoms with van der Waals surface area (Å²) in [6.07, 6.45) is 0.485. The fourth-order valence-corrected chi connectivity index (χ4v) is 2.01. The van der Waals surface area contributed by atoms with Crippen LogP contribution in [0.25, 0.3) is 0 Å². The average Bonchev–Trinajstić information content (AvgIpc) is 2.49. The van der Waals surface area contributed by atoms with Crippen molar-refractivity contribution < 1.29 is 19.2 Å². The highest BCUT2D eigenvalue weighted by Gasteiger charge is 2.18. The Kier molecular flexibility index (Phi) is 4.75. The Morgan fingerprint density at radius 3 is 2.55 bits per heavy atom. The molecule has 112 valence electrons. The Balaban J connectivity index is 2.32. The fraction of sp³-hybridized carbons (Fsp3) is 0. The highest BCUT2D eigenvalue weighted by Crippen LogP contribution is 2.27. The van der Waals surface area contributed by atoms with Crippen molar-refractivity contribution in [2.24, 2.45) is 0 Å². The molecule has 0 spiro atoms. The van der Waals surface area contributed by atoms with E-state index in [0.717, 1.165) is 6.07 Å². The summed E-state index contributed by atoms with van der Waals surface area (Å²) in [7, 11) is 0. The summed E-state index contributed by atoms with van der Waals surface area (Å²) in [5.41, 5.74) is -0.393. The van der Waals surface area contributed by atoms with E-state index in [-0.39, 0.29) is 21.9 Å². The summed E-state index contributed by atoms with van der Waals surface area (Å²) < 4.78 is 5.06. The highest BCUT2D eigenvalue weighted by molar-refractivity contribution is 6.32. The van der Waals surface area contributed by atoms with Gasteiger partial charge in [0.15, 0.2) is 6.29 Å². The third-order valence-electron chi connectivity index (χ3n) is 2.68. The standard InChI is InChI=1S/C14H7Cl2NO5/c15-10-2-4-13(9(5-10)7-18)22-14(19)8-1-3-11(16)12(6-8)17(20)21/h1-7H. The molecule has 0 fully saturated rings. The van der Waals surface area contributed by atoms with Crippen molar-refractivity contribution in [2.75, 3.05) is 0 Å². The van der Waals surface area contributed by atoms with E-state index in [1.807, 2.05) is 0 Å². The molecular formula is C14H7Cl2NO5. The highest BCUT2D eigenvalue weighted by atomic mass is 35.5. The minimum Gasteiger partial charge on any atom is -0.422 e. The van der Waals surface area contributed by atoms with Crippen LogP contribution in [0, 0.1) is 10.1 Å². The number of nitro groups is 1. The van der Waals surface area contributed by atoms with Crippen LogP contribution in [0.2, 0.25) is 10.0 Å². The van der Waals surface area contributed by atoms with Crippen molar-refractivity contribution in [3.63, 3.8) is 0 Å². The Morgan fingerprint density at radius 1 is 1.18 bits per heavy atom. The molecular weight excluding hydrogens is 333 g/mol. The SMILES string of the molecule is O=Cc1cc(Cl)ccc1OC(=O)c1ccc(Cl)c([N+](=O)[O-])c1. The van der Waals surface area contributed by atoms with Crippen LogP contribution >= 0.6 is 23.2 Å². The molecule has 0 saturated heterocycles. The second-order valence-electron chi connectivity index (χ2n) is 4.11. The number of aldehydes is 1. The van der Waals surface area contributed by atoms with Crippen LogP contribution < -0.4 is 4.74 Å². The summed E-state index contributed by atoms with van der Waals surface area (Å²) in [5.74, 6) is -0.854. The minimum atomic E-state index is -0.856. The lowest BCUT2D eigenvalue weighted by Crippen LogP contribution is -2.10. The number of nitrogens with zero attached hydrogens (tertiary/aromatic N) is 1. The third kappa shape index (κ3) is 3.41. The van der Waals surface area contributed by atoms with Gasteiger partial charge in [-0.2, -0.15) is 0 Å². The van der Waals surface area contributed by atoms with Crippen LogP contribution in [-0.2, 0) is 0 Å². The number of esters is 1. The van der Waals surface area contributed by atoms with Gasteiger partial charge < -0.3 is 4.74 Å². The van der Waals surface area contributed by atoms with Crippen molar-refractivity contribution in [1.82, 2.24) is 0 Å². The molecule has 8 heteroatoms. The van der Waals surface area contributed by atoms with Gasteiger partial charge in [-0.3, -0.25) is 14.9 Å². The van der Waals surface area contributed by atoms with Crippen molar-refractivity contribution in [3.8, 4) is 5.75 Å². The Morgan fingerprint density at radius 2 is 1.91 bits per heavy atom. The molecule has 0 aliphatic rings. The number of hydrogen-bond acceptors (Lipinski definition) is 5. The minimum absolute atomic E-state index is 0.00185. The topological polar surface area (TPSA) is 86.5 Å². The van der Waals surface area contributed by atoms with Gasteiger partial charge in [0, 0.05) is 11.1 Å². The van der Waals surface area contributed by atoms with E-state index in [2.05, 4.69) is 0 Å². The zero-order valence-corrected chi connectivity index (χ0v) is 12.3. The van der Waals surface area contributed by atoms with Crippen LogP contribution in [0.1, 0.15) is 20.7 Å². The first-order chi connectivity index (χ1) is 10.4. The molecule has 22 heavy (non-hydrogen) atoms. The Bertz CT molecular complexity index is 776. The molecule has 2 aromatic carbocycles. The molecule has 0 heterocycles. The molecule has 6 nitrogen and oxygen atoms in total. The van der Waals surface area contributed by atoms with E-state index in [0.29, 0.717) is 11.3 Å². The molecule has 0 aliphatic carbocycles. The summed E-state index contributed by atoms with van der Waals surface area (Å²) in [6, 6.07) is 7.64. The van der Waals surface area contributed by atoms with Crippen LogP contribution in [-0.4, -0.2) is 17.2 Å². The van der Waals surface area contributed by atoms with E-state index in [4.69, 9.17) is 27.9 Å². The largest absolute Gasteiger partial charge is 0.422 e. The van der Waals surface area contributed by atoms with Crippen LogP contribution in [0.3, 0.4) is 0 Å². The van der Waals surface area contributed by atoms with Crippen molar-refractivity contribution in [1.29, 1.82) is 0 Å². The number of carbonyl (C=O) groups is 2. The quantitative estimate of drug-likeness (QED) is 0.277. The van der Waals surface area contributed by atoms with Gasteiger partial charge in [-0.1, -0.05) is 23.2 Å². The fourth-order valence-electron chi connectivity index (χ4n) is 1.64. The second kappa shape index (κ2) is 6.55. The molecule has 0 saturated carbocycles. The Hall–Kier alpha value is -2.44. The number of ether oxygens (including phenoxy) is 1. The van der Waals surface area contributed by atoms with Crippen LogP contribution in [0.5, 0.6) is 5.75 Å². The molecule has 0 radical (unpaired) electrons. The molecule has 0 amide bonds. The van der Waals surface area contributed by atoms with Gasteiger partial charge in [-0.05, 0) is 30.3 Å². The zero-order valence-electron chi connectivity index (χ0n) is 10.8. The lowest BCUT2D eigenvalue weighted by molar-refractivity contribution is -0.384. The molecule has 0 atom stereocenters. The van der Waals surface area contributed by atoms with Gasteiger partial charge >= 0.3 is 5.97 Å². The predicted molar refractivity (Wildman–Crippen MR) is 79.9 cm³/mol. The summed E-state index contributed by atoms with van der Waals surface area (Å²) in [5, 5.41) is 11.0. The Labute approximate surface area is 134 Å². The van der Waals surface area contributed by atoms with E-state index >= 15 is 0 Å². The van der Waals surface area contributed by atoms with Crippen LogP contribution in [0.4, 0.5) is 5.69 Å². The smallest absolute Gasteiger partial charge is 0.343 e. The molecule has 2 rings (SSSR count). The first-order valence-electron chi connectivity index (χ1n) is 5.83. The average molecular weight is 340 g/mol. The number of carbonyl (C=O) groups excluding carboxylic acids is 2. The normalized spacial score (nSPS) is 10.1. The first-order valence-corrected chi connectivity index (χ1v) is 6.59. The molecule has 0 aromatic heterocycles.